The topological polar surface area (TPSA) is 115 Å². The van der Waals surface area contributed by atoms with Gasteiger partial charge >= 0.3 is 12.1 Å². The SMILES string of the molecule is NC(=O)C(=O)[C@H](CCc1ccccc1)NC(=O)c1oc(C(F)(F)F)nc1-c1ccccc1. The second kappa shape index (κ2) is 9.46. The van der Waals surface area contributed by atoms with E-state index in [0.717, 1.165) is 5.56 Å². The van der Waals surface area contributed by atoms with E-state index in [1.54, 1.807) is 48.5 Å². The Labute approximate surface area is 180 Å². The molecule has 0 aliphatic heterocycles. The van der Waals surface area contributed by atoms with Crippen LogP contribution >= 0.6 is 0 Å². The van der Waals surface area contributed by atoms with E-state index in [1.807, 2.05) is 0 Å². The third-order valence-corrected chi connectivity index (χ3v) is 4.55. The van der Waals surface area contributed by atoms with Crippen LogP contribution in [0.5, 0.6) is 0 Å². The van der Waals surface area contributed by atoms with Crippen LogP contribution in [-0.4, -0.2) is 28.6 Å². The third-order valence-electron chi connectivity index (χ3n) is 4.55. The third kappa shape index (κ3) is 5.39. The minimum absolute atomic E-state index is 0.00153. The van der Waals surface area contributed by atoms with Crippen LogP contribution in [0.3, 0.4) is 0 Å². The maximum Gasteiger partial charge on any atom is 0.468 e. The van der Waals surface area contributed by atoms with Crippen molar-refractivity contribution in [3.8, 4) is 11.3 Å². The van der Waals surface area contributed by atoms with Gasteiger partial charge in [0.05, 0.1) is 6.04 Å². The second-order valence-electron chi connectivity index (χ2n) is 6.84. The largest absolute Gasteiger partial charge is 0.468 e. The van der Waals surface area contributed by atoms with Crippen molar-refractivity contribution in [3.63, 3.8) is 0 Å². The number of rotatable bonds is 8. The predicted octanol–water partition coefficient (Wildman–Crippen LogP) is 3.15. The average Bonchev–Trinajstić information content (AvgIpc) is 3.23. The summed E-state index contributed by atoms with van der Waals surface area (Å²) in [5.41, 5.74) is 5.77. The zero-order chi connectivity index (χ0) is 23.3. The van der Waals surface area contributed by atoms with E-state index in [9.17, 15) is 27.6 Å². The van der Waals surface area contributed by atoms with Gasteiger partial charge in [0.25, 0.3) is 11.8 Å². The quantitative estimate of drug-likeness (QED) is 0.517. The molecule has 1 atom stereocenters. The van der Waals surface area contributed by atoms with Crippen LogP contribution in [0, 0.1) is 0 Å². The van der Waals surface area contributed by atoms with Gasteiger partial charge in [-0.25, -0.2) is 4.98 Å². The van der Waals surface area contributed by atoms with Gasteiger partial charge in [-0.1, -0.05) is 60.7 Å². The number of ketones is 1. The van der Waals surface area contributed by atoms with Crippen molar-refractivity contribution in [1.29, 1.82) is 0 Å². The summed E-state index contributed by atoms with van der Waals surface area (Å²) in [6.07, 6.45) is -4.63. The highest BCUT2D eigenvalue weighted by molar-refractivity contribution is 6.38. The van der Waals surface area contributed by atoms with E-state index < -0.39 is 41.5 Å². The Morgan fingerprint density at radius 1 is 1.00 bits per heavy atom. The molecule has 1 aromatic heterocycles. The monoisotopic (exact) mass is 445 g/mol. The van der Waals surface area contributed by atoms with Gasteiger partial charge in [-0.15, -0.1) is 0 Å². The molecule has 10 heteroatoms. The molecule has 0 saturated heterocycles. The lowest BCUT2D eigenvalue weighted by Crippen LogP contribution is -2.46. The highest BCUT2D eigenvalue weighted by Crippen LogP contribution is 2.33. The Hall–Kier alpha value is -3.95. The summed E-state index contributed by atoms with van der Waals surface area (Å²) >= 11 is 0. The Morgan fingerprint density at radius 3 is 2.16 bits per heavy atom. The molecule has 0 unspecified atom stereocenters. The van der Waals surface area contributed by atoms with Crippen molar-refractivity contribution in [2.24, 2.45) is 5.73 Å². The standard InChI is InChI=1S/C22H18F3N3O4/c23-22(24,25)21-28-16(14-9-5-2-6-10-14)18(32-21)20(31)27-15(17(29)19(26)30)12-11-13-7-3-1-4-8-13/h1-10,15H,11-12H2,(H2,26,30)(H,27,31)/t15-/m0/s1. The highest BCUT2D eigenvalue weighted by atomic mass is 19.4. The molecule has 0 bridgehead atoms. The number of hydrogen-bond acceptors (Lipinski definition) is 5. The number of nitrogens with two attached hydrogens (primary N) is 1. The number of aromatic nitrogens is 1. The maximum absolute atomic E-state index is 13.2. The van der Waals surface area contributed by atoms with Crippen LogP contribution in [0.25, 0.3) is 11.3 Å². The molecule has 3 rings (SSSR count). The van der Waals surface area contributed by atoms with Crippen molar-refractivity contribution in [2.45, 2.75) is 25.1 Å². The first-order valence-corrected chi connectivity index (χ1v) is 9.48. The minimum Gasteiger partial charge on any atom is -0.427 e. The van der Waals surface area contributed by atoms with E-state index in [4.69, 9.17) is 10.2 Å². The van der Waals surface area contributed by atoms with Crippen molar-refractivity contribution in [3.05, 3.63) is 77.9 Å². The Kier molecular flexibility index (Phi) is 6.72. The number of carbonyl (C=O) groups is 3. The summed E-state index contributed by atoms with van der Waals surface area (Å²) in [5, 5.41) is 2.27. The van der Waals surface area contributed by atoms with Gasteiger partial charge in [0, 0.05) is 5.56 Å². The van der Waals surface area contributed by atoms with Gasteiger partial charge in [0.15, 0.2) is 0 Å². The number of amides is 2. The molecule has 0 aliphatic carbocycles. The Balaban J connectivity index is 1.90. The van der Waals surface area contributed by atoms with Crippen molar-refractivity contribution < 1.29 is 32.0 Å². The number of halogens is 3. The number of primary amides is 1. The number of benzene rings is 2. The average molecular weight is 445 g/mol. The first-order chi connectivity index (χ1) is 15.2. The number of aryl methyl sites for hydroxylation is 1. The molecule has 0 spiro atoms. The second-order valence-corrected chi connectivity index (χ2v) is 6.84. The van der Waals surface area contributed by atoms with Gasteiger partial charge in [-0.3, -0.25) is 14.4 Å². The summed E-state index contributed by atoms with van der Waals surface area (Å²) in [6.45, 7) is 0. The van der Waals surface area contributed by atoms with Gasteiger partial charge in [0.2, 0.25) is 11.5 Å². The molecule has 1 heterocycles. The predicted molar refractivity (Wildman–Crippen MR) is 107 cm³/mol. The van der Waals surface area contributed by atoms with Crippen molar-refractivity contribution in [1.82, 2.24) is 10.3 Å². The van der Waals surface area contributed by atoms with Crippen LogP contribution in [0.2, 0.25) is 0 Å². The van der Waals surface area contributed by atoms with Crippen molar-refractivity contribution in [2.75, 3.05) is 0 Å². The first kappa shape index (κ1) is 22.7. The maximum atomic E-state index is 13.2. The number of Topliss-reactive ketones (excluding diaryl/α,β-unsaturated/α-hetero) is 1. The lowest BCUT2D eigenvalue weighted by molar-refractivity contribution is -0.157. The molecule has 0 aliphatic rings. The molecule has 2 aromatic carbocycles. The van der Waals surface area contributed by atoms with Crippen LogP contribution in [0.15, 0.2) is 65.1 Å². The van der Waals surface area contributed by atoms with Crippen LogP contribution in [0.4, 0.5) is 13.2 Å². The van der Waals surface area contributed by atoms with Crippen LogP contribution in [0.1, 0.15) is 28.4 Å². The molecule has 32 heavy (non-hydrogen) atoms. The van der Waals surface area contributed by atoms with E-state index in [0.29, 0.717) is 6.42 Å². The van der Waals surface area contributed by atoms with Gasteiger partial charge in [-0.2, -0.15) is 13.2 Å². The molecule has 7 nitrogen and oxygen atoms in total. The molecule has 0 fully saturated rings. The van der Waals surface area contributed by atoms with E-state index in [2.05, 4.69) is 10.3 Å². The zero-order valence-corrected chi connectivity index (χ0v) is 16.6. The summed E-state index contributed by atoms with van der Waals surface area (Å²) < 4.78 is 44.2. The Morgan fingerprint density at radius 2 is 1.59 bits per heavy atom. The fourth-order valence-electron chi connectivity index (χ4n) is 3.01. The van der Waals surface area contributed by atoms with Crippen LogP contribution in [-0.2, 0) is 22.2 Å². The molecule has 166 valence electrons. The molecule has 0 saturated carbocycles. The summed E-state index contributed by atoms with van der Waals surface area (Å²) in [6, 6.07) is 15.2. The molecule has 2 amide bonds. The number of oxazole rings is 1. The van der Waals surface area contributed by atoms with E-state index in [1.165, 1.54) is 12.1 Å². The van der Waals surface area contributed by atoms with E-state index >= 15 is 0 Å². The summed E-state index contributed by atoms with van der Waals surface area (Å²) in [7, 11) is 0. The van der Waals surface area contributed by atoms with Gasteiger partial charge < -0.3 is 15.5 Å². The van der Waals surface area contributed by atoms with Gasteiger partial charge in [0.1, 0.15) is 5.69 Å². The number of nitrogens with one attached hydrogen (secondary N) is 1. The summed E-state index contributed by atoms with van der Waals surface area (Å²) in [4.78, 5) is 39.9. The number of alkyl halides is 3. The van der Waals surface area contributed by atoms with E-state index in [-0.39, 0.29) is 17.7 Å². The normalized spacial score (nSPS) is 12.2. The van der Waals surface area contributed by atoms with Crippen molar-refractivity contribution >= 4 is 17.6 Å². The summed E-state index contributed by atoms with van der Waals surface area (Å²) in [5.74, 6) is -5.82. The molecular formula is C22H18F3N3O4. The number of nitrogens with zero attached hydrogens (tertiary/aromatic N) is 1. The first-order valence-electron chi connectivity index (χ1n) is 9.48. The molecule has 3 N–H and O–H groups in total. The number of hydrogen-bond donors (Lipinski definition) is 2. The lowest BCUT2D eigenvalue weighted by atomic mass is 10.0. The Bertz CT molecular complexity index is 1110. The smallest absolute Gasteiger partial charge is 0.427 e. The minimum atomic E-state index is -4.93. The van der Waals surface area contributed by atoms with Gasteiger partial charge in [-0.05, 0) is 18.4 Å². The molecular weight excluding hydrogens is 427 g/mol. The molecule has 3 aromatic rings. The highest BCUT2D eigenvalue weighted by Gasteiger charge is 2.40. The number of carbonyl (C=O) groups excluding carboxylic acids is 3. The fourth-order valence-corrected chi connectivity index (χ4v) is 3.01. The van der Waals surface area contributed by atoms with Crippen LogP contribution < -0.4 is 11.1 Å². The lowest BCUT2D eigenvalue weighted by Gasteiger charge is -2.16. The fraction of sp³-hybridized carbons (Fsp3) is 0.182. The zero-order valence-electron chi connectivity index (χ0n) is 16.6. The molecule has 0 radical (unpaired) electrons.